The molecule has 94 valence electrons. The Morgan fingerprint density at radius 3 is 2.59 bits per heavy atom. The van der Waals surface area contributed by atoms with Crippen LogP contribution >= 0.6 is 15.9 Å². The van der Waals surface area contributed by atoms with Gasteiger partial charge in [-0.3, -0.25) is 9.48 Å². The monoisotopic (exact) mass is 298 g/mol. The molecule has 1 aromatic rings. The fraction of sp³-hybridized carbons (Fsp3) is 0.692. The van der Waals surface area contributed by atoms with Gasteiger partial charge in [-0.2, -0.15) is 5.10 Å². The van der Waals surface area contributed by atoms with Crippen LogP contribution in [0.5, 0.6) is 0 Å². The molecule has 1 aromatic heterocycles. The van der Waals surface area contributed by atoms with Crippen LogP contribution < -0.4 is 0 Å². The number of nitrogens with zero attached hydrogens (tertiary/aromatic N) is 2. The Morgan fingerprint density at radius 1 is 1.41 bits per heavy atom. The molecule has 0 amide bonds. The highest BCUT2D eigenvalue weighted by Gasteiger charge is 2.22. The van der Waals surface area contributed by atoms with E-state index < -0.39 is 0 Å². The lowest BCUT2D eigenvalue weighted by Gasteiger charge is -2.20. The van der Waals surface area contributed by atoms with Gasteiger partial charge < -0.3 is 0 Å². The van der Waals surface area contributed by atoms with Gasteiger partial charge in [-0.1, -0.05) is 6.92 Å². The lowest BCUT2D eigenvalue weighted by atomic mass is 9.85. The van der Waals surface area contributed by atoms with Crippen LogP contribution in [0, 0.1) is 5.92 Å². The highest BCUT2D eigenvalue weighted by Crippen LogP contribution is 2.29. The van der Waals surface area contributed by atoms with Gasteiger partial charge in [0.2, 0.25) is 0 Å². The first-order valence-corrected chi connectivity index (χ1v) is 7.13. The zero-order valence-electron chi connectivity index (χ0n) is 10.5. The number of aromatic nitrogens is 2. The van der Waals surface area contributed by atoms with Crippen molar-refractivity contribution < 1.29 is 4.79 Å². The minimum Gasteiger partial charge on any atom is -0.300 e. The van der Waals surface area contributed by atoms with Crippen molar-refractivity contribution in [3.05, 3.63) is 15.9 Å². The van der Waals surface area contributed by atoms with Crippen molar-refractivity contribution in [1.82, 2.24) is 9.78 Å². The zero-order chi connectivity index (χ0) is 12.4. The molecule has 0 spiro atoms. The number of carbonyl (C=O) groups is 1. The SMILES string of the molecule is CCc1nn(C)c(CC2CCC(=O)CC2)c1Br. The van der Waals surface area contributed by atoms with Crippen LogP contribution in [0.25, 0.3) is 0 Å². The third-order valence-electron chi connectivity index (χ3n) is 3.65. The second-order valence-corrected chi connectivity index (χ2v) is 5.66. The summed E-state index contributed by atoms with van der Waals surface area (Å²) >= 11 is 3.65. The van der Waals surface area contributed by atoms with Crippen molar-refractivity contribution in [2.24, 2.45) is 13.0 Å². The summed E-state index contributed by atoms with van der Waals surface area (Å²) < 4.78 is 3.15. The van der Waals surface area contributed by atoms with Gasteiger partial charge in [0.1, 0.15) is 5.78 Å². The first kappa shape index (κ1) is 12.8. The number of aryl methyl sites for hydroxylation is 2. The summed E-state index contributed by atoms with van der Waals surface area (Å²) in [6.07, 6.45) is 5.60. The minimum absolute atomic E-state index is 0.430. The molecule has 3 nitrogen and oxygen atoms in total. The van der Waals surface area contributed by atoms with Gasteiger partial charge in [0.05, 0.1) is 15.9 Å². The van der Waals surface area contributed by atoms with Crippen LogP contribution in [0.2, 0.25) is 0 Å². The van der Waals surface area contributed by atoms with E-state index in [2.05, 4.69) is 28.0 Å². The Kier molecular flexibility index (Phi) is 4.02. The number of hydrogen-bond acceptors (Lipinski definition) is 2. The molecule has 17 heavy (non-hydrogen) atoms. The molecule has 4 heteroatoms. The van der Waals surface area contributed by atoms with Crippen molar-refractivity contribution >= 4 is 21.7 Å². The van der Waals surface area contributed by atoms with Crippen LogP contribution in [0.4, 0.5) is 0 Å². The highest BCUT2D eigenvalue weighted by molar-refractivity contribution is 9.10. The molecule has 0 aliphatic heterocycles. The number of hydrogen-bond donors (Lipinski definition) is 0. The Bertz CT molecular complexity index is 415. The smallest absolute Gasteiger partial charge is 0.132 e. The Hall–Kier alpha value is -0.640. The molecule has 1 aliphatic rings. The van der Waals surface area contributed by atoms with Crippen molar-refractivity contribution in [3.8, 4) is 0 Å². The Balaban J connectivity index is 2.08. The molecule has 2 rings (SSSR count). The maximum atomic E-state index is 11.2. The zero-order valence-corrected chi connectivity index (χ0v) is 12.1. The van der Waals surface area contributed by atoms with Crippen LogP contribution in [0.3, 0.4) is 0 Å². The molecule has 0 aromatic carbocycles. The van der Waals surface area contributed by atoms with Gasteiger partial charge in [-0.05, 0) is 47.5 Å². The van der Waals surface area contributed by atoms with E-state index >= 15 is 0 Å². The summed E-state index contributed by atoms with van der Waals surface area (Å²) in [6.45, 7) is 2.12. The summed E-state index contributed by atoms with van der Waals surface area (Å²) in [5.74, 6) is 1.07. The van der Waals surface area contributed by atoms with Crippen molar-refractivity contribution in [2.75, 3.05) is 0 Å². The average Bonchev–Trinajstić information content (AvgIpc) is 2.59. The van der Waals surface area contributed by atoms with E-state index in [0.717, 1.165) is 44.2 Å². The topological polar surface area (TPSA) is 34.9 Å². The number of carbonyl (C=O) groups excluding carboxylic acids is 1. The van der Waals surface area contributed by atoms with E-state index in [1.165, 1.54) is 10.2 Å². The number of rotatable bonds is 3. The highest BCUT2D eigenvalue weighted by atomic mass is 79.9. The number of halogens is 1. The van der Waals surface area contributed by atoms with Crippen molar-refractivity contribution in [3.63, 3.8) is 0 Å². The molecule has 0 bridgehead atoms. The maximum absolute atomic E-state index is 11.2. The number of ketones is 1. The van der Waals surface area contributed by atoms with Gasteiger partial charge in [-0.15, -0.1) is 0 Å². The molecule has 0 radical (unpaired) electrons. The van der Waals surface area contributed by atoms with E-state index in [1.807, 2.05) is 11.7 Å². The molecule has 0 atom stereocenters. The van der Waals surface area contributed by atoms with E-state index in [-0.39, 0.29) is 0 Å². The first-order valence-electron chi connectivity index (χ1n) is 6.33. The second kappa shape index (κ2) is 5.34. The minimum atomic E-state index is 0.430. The Labute approximate surface area is 111 Å². The molecule has 1 aliphatic carbocycles. The van der Waals surface area contributed by atoms with Crippen molar-refractivity contribution in [2.45, 2.75) is 45.4 Å². The largest absolute Gasteiger partial charge is 0.300 e. The lowest BCUT2D eigenvalue weighted by Crippen LogP contribution is -2.17. The predicted molar refractivity (Wildman–Crippen MR) is 71.0 cm³/mol. The van der Waals surface area contributed by atoms with Gasteiger partial charge in [0.15, 0.2) is 0 Å². The molecule has 1 heterocycles. The van der Waals surface area contributed by atoms with E-state index in [4.69, 9.17) is 0 Å². The van der Waals surface area contributed by atoms with Gasteiger partial charge in [-0.25, -0.2) is 0 Å². The summed E-state index contributed by atoms with van der Waals surface area (Å²) in [7, 11) is 2.01. The van der Waals surface area contributed by atoms with E-state index in [1.54, 1.807) is 0 Å². The standard InChI is InChI=1S/C13H19BrN2O/c1-3-11-13(14)12(16(2)15-11)8-9-4-6-10(17)7-5-9/h9H,3-8H2,1-2H3. The van der Waals surface area contributed by atoms with Gasteiger partial charge in [0, 0.05) is 19.9 Å². The van der Waals surface area contributed by atoms with Gasteiger partial charge in [0.25, 0.3) is 0 Å². The summed E-state index contributed by atoms with van der Waals surface area (Å²) in [5.41, 5.74) is 2.41. The normalized spacial score (nSPS) is 17.7. The summed E-state index contributed by atoms with van der Waals surface area (Å²) in [5, 5.41) is 4.51. The average molecular weight is 299 g/mol. The molecule has 1 fully saturated rings. The second-order valence-electron chi connectivity index (χ2n) is 4.87. The van der Waals surface area contributed by atoms with Crippen molar-refractivity contribution in [1.29, 1.82) is 0 Å². The predicted octanol–water partition coefficient (Wildman–Crippen LogP) is 3.05. The molecule has 0 unspecified atom stereocenters. The van der Waals surface area contributed by atoms with Gasteiger partial charge >= 0.3 is 0 Å². The summed E-state index contributed by atoms with van der Waals surface area (Å²) in [6, 6.07) is 0. The lowest BCUT2D eigenvalue weighted by molar-refractivity contribution is -0.121. The third kappa shape index (κ3) is 2.79. The van der Waals surface area contributed by atoms with E-state index in [9.17, 15) is 4.79 Å². The quantitative estimate of drug-likeness (QED) is 0.860. The third-order valence-corrected chi connectivity index (χ3v) is 4.56. The molecule has 0 N–H and O–H groups in total. The van der Waals surface area contributed by atoms with Crippen LogP contribution in [0.15, 0.2) is 4.47 Å². The molecular weight excluding hydrogens is 280 g/mol. The fourth-order valence-electron chi connectivity index (χ4n) is 2.52. The summed E-state index contributed by atoms with van der Waals surface area (Å²) in [4.78, 5) is 11.2. The number of Topliss-reactive ketones (excluding diaryl/α,β-unsaturated/α-hetero) is 1. The molecular formula is C13H19BrN2O. The fourth-order valence-corrected chi connectivity index (χ4v) is 3.30. The van der Waals surface area contributed by atoms with Crippen LogP contribution in [-0.4, -0.2) is 15.6 Å². The van der Waals surface area contributed by atoms with Crippen LogP contribution in [0.1, 0.15) is 44.0 Å². The van der Waals surface area contributed by atoms with E-state index in [0.29, 0.717) is 11.7 Å². The van der Waals surface area contributed by atoms with Crippen LogP contribution in [-0.2, 0) is 24.7 Å². The molecule has 1 saturated carbocycles. The Morgan fingerprint density at radius 2 is 2.06 bits per heavy atom. The molecule has 0 saturated heterocycles. The maximum Gasteiger partial charge on any atom is 0.132 e. The first-order chi connectivity index (χ1) is 8.11.